The zero-order chi connectivity index (χ0) is 15.9. The monoisotopic (exact) mass is 312 g/mol. The van der Waals surface area contributed by atoms with Crippen LogP contribution in [0.15, 0.2) is 6.33 Å². The summed E-state index contributed by atoms with van der Waals surface area (Å²) in [4.78, 5) is 4.10. The van der Waals surface area contributed by atoms with Crippen LogP contribution < -0.4 is 5.32 Å². The second kappa shape index (κ2) is 8.28. The van der Waals surface area contributed by atoms with Gasteiger partial charge in [-0.1, -0.05) is 6.92 Å². The van der Waals surface area contributed by atoms with Crippen molar-refractivity contribution in [2.45, 2.75) is 44.7 Å². The average Bonchev–Trinajstić information content (AvgIpc) is 2.85. The molecule has 0 aromatic carbocycles. The third-order valence-corrected chi connectivity index (χ3v) is 2.90. The molecule has 0 fully saturated rings. The normalized spacial score (nSPS) is 13.9. The fraction of sp³-hybridized carbons (Fsp3) is 0.833. The molecule has 1 aromatic heterocycles. The molecule has 0 amide bonds. The highest BCUT2D eigenvalue weighted by Crippen LogP contribution is 2.22. The largest absolute Gasteiger partial charge is 0.373 e. The number of rotatable bonds is 10. The predicted molar refractivity (Wildman–Crippen MR) is 68.6 cm³/mol. The van der Waals surface area contributed by atoms with Gasteiger partial charge in [0.05, 0.1) is 6.61 Å². The number of ether oxygens (including phenoxy) is 1. The first-order chi connectivity index (χ1) is 9.90. The topological polar surface area (TPSA) is 52.0 Å². The van der Waals surface area contributed by atoms with Gasteiger partial charge in [0.1, 0.15) is 18.8 Å². The summed E-state index contributed by atoms with van der Waals surface area (Å²) in [6.45, 7) is 1.29. The van der Waals surface area contributed by atoms with Crippen LogP contribution in [0.5, 0.6) is 0 Å². The molecule has 0 bridgehead atoms. The maximum atomic E-state index is 12.7. The van der Waals surface area contributed by atoms with Crippen molar-refractivity contribution >= 4 is 0 Å². The van der Waals surface area contributed by atoms with Crippen LogP contribution in [0, 0.1) is 0 Å². The van der Waals surface area contributed by atoms with Crippen molar-refractivity contribution < 1.29 is 22.3 Å². The molecule has 5 nitrogen and oxygen atoms in total. The molecule has 0 saturated carbocycles. The molecule has 0 radical (unpaired) electrons. The van der Waals surface area contributed by atoms with E-state index >= 15 is 0 Å². The summed E-state index contributed by atoms with van der Waals surface area (Å²) >= 11 is 0. The summed E-state index contributed by atoms with van der Waals surface area (Å²) in [6.07, 6.45) is -1.00. The predicted octanol–water partition coefficient (Wildman–Crippen LogP) is 1.74. The van der Waals surface area contributed by atoms with Crippen LogP contribution in [-0.2, 0) is 17.7 Å². The number of likely N-dealkylation sites (N-methyl/N-ethyl adjacent to an activating group) is 1. The minimum atomic E-state index is -4.12. The fourth-order valence-corrected chi connectivity index (χ4v) is 1.71. The molecular weight excluding hydrogens is 292 g/mol. The van der Waals surface area contributed by atoms with Gasteiger partial charge in [-0.15, -0.1) is 0 Å². The molecule has 1 rings (SSSR count). The van der Waals surface area contributed by atoms with Gasteiger partial charge in [0.2, 0.25) is 0 Å². The van der Waals surface area contributed by atoms with Gasteiger partial charge in [-0.05, 0) is 13.5 Å². The number of halogens is 4. The van der Waals surface area contributed by atoms with Gasteiger partial charge >= 0.3 is 12.3 Å². The summed E-state index contributed by atoms with van der Waals surface area (Å²) in [5.41, 5.74) is 0. The zero-order valence-electron chi connectivity index (χ0n) is 12.0. The number of hydrogen-bond acceptors (Lipinski definition) is 4. The summed E-state index contributed by atoms with van der Waals surface area (Å²) in [7, 11) is 1.64. The Morgan fingerprint density at radius 3 is 2.71 bits per heavy atom. The smallest absolute Gasteiger partial charge is 0.330 e. The third-order valence-electron chi connectivity index (χ3n) is 2.90. The van der Waals surface area contributed by atoms with Crippen molar-refractivity contribution in [3.05, 3.63) is 12.2 Å². The Hall–Kier alpha value is -1.22. The maximum absolute atomic E-state index is 12.7. The highest BCUT2D eigenvalue weighted by Gasteiger charge is 2.41. The van der Waals surface area contributed by atoms with Crippen molar-refractivity contribution in [1.29, 1.82) is 0 Å². The average molecular weight is 312 g/mol. The second-order valence-electron chi connectivity index (χ2n) is 4.67. The molecule has 1 N–H and O–H groups in total. The molecule has 0 saturated heterocycles. The van der Waals surface area contributed by atoms with Crippen LogP contribution in [0.1, 0.15) is 19.2 Å². The molecule has 1 unspecified atom stereocenters. The standard InChI is InChI=1S/C12H20F4N4O/c1-3-4-20-10(18-8-19-20)5-9(17-2)6-21-7-12(15,16)11(13)14/h8-9,11,17H,3-7H2,1-2H3. The number of alkyl halides is 4. The van der Waals surface area contributed by atoms with Gasteiger partial charge in [0.25, 0.3) is 0 Å². The van der Waals surface area contributed by atoms with Crippen LogP contribution in [0.25, 0.3) is 0 Å². The summed E-state index contributed by atoms with van der Waals surface area (Å²) in [6, 6.07) is -0.307. The quantitative estimate of drug-likeness (QED) is 0.669. The molecule has 0 aliphatic carbocycles. The Labute approximate surface area is 120 Å². The van der Waals surface area contributed by atoms with E-state index in [4.69, 9.17) is 4.74 Å². The minimum Gasteiger partial charge on any atom is -0.373 e. The van der Waals surface area contributed by atoms with Crippen LogP contribution in [0.3, 0.4) is 0 Å². The van der Waals surface area contributed by atoms with E-state index in [-0.39, 0.29) is 12.6 Å². The second-order valence-corrected chi connectivity index (χ2v) is 4.67. The first-order valence-corrected chi connectivity index (χ1v) is 6.68. The molecule has 1 aromatic rings. The molecule has 1 heterocycles. The first-order valence-electron chi connectivity index (χ1n) is 6.68. The number of hydrogen-bond donors (Lipinski definition) is 1. The number of nitrogens with zero attached hydrogens (tertiary/aromatic N) is 3. The fourth-order valence-electron chi connectivity index (χ4n) is 1.71. The van der Waals surface area contributed by atoms with E-state index in [0.717, 1.165) is 6.42 Å². The Bertz CT molecular complexity index is 414. The molecule has 1 atom stereocenters. The molecule has 9 heteroatoms. The summed E-state index contributed by atoms with van der Waals surface area (Å²) < 4.78 is 55.9. The highest BCUT2D eigenvalue weighted by molar-refractivity contribution is 4.89. The number of aromatic nitrogens is 3. The molecule has 0 aliphatic heterocycles. The SMILES string of the molecule is CCCn1ncnc1CC(COCC(F)(F)C(F)F)NC. The maximum Gasteiger partial charge on any atom is 0.330 e. The van der Waals surface area contributed by atoms with Crippen molar-refractivity contribution in [2.75, 3.05) is 20.3 Å². The third kappa shape index (κ3) is 5.58. The Morgan fingerprint density at radius 2 is 2.14 bits per heavy atom. The zero-order valence-corrected chi connectivity index (χ0v) is 12.0. The Kier molecular flexibility index (Phi) is 7.03. The van der Waals surface area contributed by atoms with Gasteiger partial charge in [-0.25, -0.2) is 13.8 Å². The highest BCUT2D eigenvalue weighted by atomic mass is 19.3. The first kappa shape index (κ1) is 17.8. The van der Waals surface area contributed by atoms with Crippen LogP contribution in [0.4, 0.5) is 17.6 Å². The lowest BCUT2D eigenvalue weighted by Crippen LogP contribution is -2.38. The van der Waals surface area contributed by atoms with E-state index in [9.17, 15) is 17.6 Å². The van der Waals surface area contributed by atoms with Gasteiger partial charge < -0.3 is 10.1 Å². The van der Waals surface area contributed by atoms with Gasteiger partial charge in [-0.2, -0.15) is 13.9 Å². The van der Waals surface area contributed by atoms with E-state index in [1.807, 2.05) is 6.92 Å². The van der Waals surface area contributed by atoms with E-state index in [0.29, 0.717) is 18.8 Å². The number of nitrogens with one attached hydrogen (secondary N) is 1. The lowest BCUT2D eigenvalue weighted by Gasteiger charge is -2.19. The van der Waals surface area contributed by atoms with Crippen molar-refractivity contribution in [3.8, 4) is 0 Å². The summed E-state index contributed by atoms with van der Waals surface area (Å²) in [5, 5.41) is 6.94. The van der Waals surface area contributed by atoms with E-state index in [2.05, 4.69) is 15.4 Å². The van der Waals surface area contributed by atoms with E-state index in [1.54, 1.807) is 11.7 Å². The van der Waals surface area contributed by atoms with E-state index in [1.165, 1.54) is 6.33 Å². The van der Waals surface area contributed by atoms with Gasteiger partial charge in [0, 0.05) is 19.0 Å². The summed E-state index contributed by atoms with van der Waals surface area (Å²) in [5.74, 6) is -3.43. The lowest BCUT2D eigenvalue weighted by atomic mass is 10.2. The molecule has 0 spiro atoms. The van der Waals surface area contributed by atoms with Crippen molar-refractivity contribution in [2.24, 2.45) is 0 Å². The minimum absolute atomic E-state index is 0.113. The molecule has 21 heavy (non-hydrogen) atoms. The van der Waals surface area contributed by atoms with Crippen LogP contribution in [-0.4, -0.2) is 53.4 Å². The van der Waals surface area contributed by atoms with Gasteiger partial charge in [-0.3, -0.25) is 4.68 Å². The van der Waals surface area contributed by atoms with Crippen molar-refractivity contribution in [1.82, 2.24) is 20.1 Å². The van der Waals surface area contributed by atoms with Crippen LogP contribution >= 0.6 is 0 Å². The molecule has 122 valence electrons. The van der Waals surface area contributed by atoms with Crippen LogP contribution in [0.2, 0.25) is 0 Å². The van der Waals surface area contributed by atoms with Crippen molar-refractivity contribution in [3.63, 3.8) is 0 Å². The molecular formula is C12H20F4N4O. The van der Waals surface area contributed by atoms with E-state index < -0.39 is 19.0 Å². The Morgan fingerprint density at radius 1 is 1.43 bits per heavy atom. The lowest BCUT2D eigenvalue weighted by molar-refractivity contribution is -0.166. The van der Waals surface area contributed by atoms with Gasteiger partial charge in [0.15, 0.2) is 0 Å². The Balaban J connectivity index is 2.47. The number of aryl methyl sites for hydroxylation is 1. The molecule has 0 aliphatic rings.